The van der Waals surface area contributed by atoms with E-state index in [9.17, 15) is 17.8 Å². The zero-order chi connectivity index (χ0) is 19.4. The molecule has 27 heavy (non-hydrogen) atoms. The fourth-order valence-electron chi connectivity index (χ4n) is 3.20. The van der Waals surface area contributed by atoms with Crippen LogP contribution in [0.3, 0.4) is 0 Å². The molecule has 2 aromatic carbocycles. The highest BCUT2D eigenvalue weighted by atomic mass is 32.2. The number of carbonyl (C=O) groups is 1. The van der Waals surface area contributed by atoms with Crippen LogP contribution in [0.4, 0.5) is 11.4 Å². The lowest BCUT2D eigenvalue weighted by Gasteiger charge is -2.30. The number of amides is 1. The third-order valence-electron chi connectivity index (χ3n) is 4.55. The molecule has 2 N–H and O–H groups in total. The molecule has 8 heteroatoms. The Morgan fingerprint density at radius 2 is 1.81 bits per heavy atom. The summed E-state index contributed by atoms with van der Waals surface area (Å²) < 4.78 is 37.4. The van der Waals surface area contributed by atoms with E-state index in [0.717, 1.165) is 37.7 Å². The van der Waals surface area contributed by atoms with E-state index in [2.05, 4.69) is 10.2 Å². The van der Waals surface area contributed by atoms with Crippen LogP contribution in [0.1, 0.15) is 29.6 Å². The van der Waals surface area contributed by atoms with Crippen LogP contribution in [0.25, 0.3) is 0 Å². The maximum absolute atomic E-state index is 12.7. The van der Waals surface area contributed by atoms with Gasteiger partial charge in [-0.2, -0.15) is 8.42 Å². The average molecular weight is 390 g/mol. The van der Waals surface area contributed by atoms with E-state index >= 15 is 0 Å². The van der Waals surface area contributed by atoms with Crippen LogP contribution in [-0.2, 0) is 10.1 Å². The number of anilines is 2. The molecule has 7 nitrogen and oxygen atoms in total. The van der Waals surface area contributed by atoms with E-state index in [4.69, 9.17) is 4.74 Å². The minimum absolute atomic E-state index is 0.0252. The van der Waals surface area contributed by atoms with E-state index in [-0.39, 0.29) is 11.3 Å². The summed E-state index contributed by atoms with van der Waals surface area (Å²) in [5.41, 5.74) is 1.71. The topological polar surface area (TPSA) is 95.9 Å². The van der Waals surface area contributed by atoms with Gasteiger partial charge in [-0.1, -0.05) is 12.1 Å². The maximum atomic E-state index is 12.7. The van der Waals surface area contributed by atoms with E-state index in [1.807, 2.05) is 24.3 Å². The van der Waals surface area contributed by atoms with Crippen molar-refractivity contribution in [2.75, 3.05) is 30.4 Å². The first-order chi connectivity index (χ1) is 12.9. The number of nitrogens with one attached hydrogen (secondary N) is 1. The molecule has 0 unspecified atom stereocenters. The summed E-state index contributed by atoms with van der Waals surface area (Å²) in [5, 5.41) is 2.84. The molecule has 1 saturated heterocycles. The van der Waals surface area contributed by atoms with Crippen molar-refractivity contribution in [3.05, 3.63) is 48.0 Å². The fraction of sp³-hybridized carbons (Fsp3) is 0.316. The number of piperidine rings is 1. The van der Waals surface area contributed by atoms with E-state index in [1.54, 1.807) is 0 Å². The van der Waals surface area contributed by atoms with Gasteiger partial charge in [-0.15, -0.1) is 0 Å². The Labute approximate surface area is 158 Å². The van der Waals surface area contributed by atoms with Crippen LogP contribution in [0.5, 0.6) is 5.75 Å². The minimum atomic E-state index is -4.51. The molecule has 1 aliphatic rings. The van der Waals surface area contributed by atoms with Gasteiger partial charge in [0.05, 0.1) is 18.5 Å². The van der Waals surface area contributed by atoms with Gasteiger partial charge >= 0.3 is 0 Å². The van der Waals surface area contributed by atoms with Crippen molar-refractivity contribution >= 4 is 27.4 Å². The first kappa shape index (κ1) is 19.2. The molecule has 0 spiro atoms. The van der Waals surface area contributed by atoms with E-state index < -0.39 is 20.9 Å². The molecule has 0 atom stereocenters. The Balaban J connectivity index is 1.88. The second kappa shape index (κ2) is 7.98. The lowest BCUT2D eigenvalue weighted by molar-refractivity contribution is 0.102. The number of carbonyl (C=O) groups excluding carboxylic acids is 1. The predicted octanol–water partition coefficient (Wildman–Crippen LogP) is 3.18. The lowest BCUT2D eigenvalue weighted by Crippen LogP contribution is -2.30. The molecule has 2 aromatic rings. The standard InChI is InChI=1S/C19H22N2O5S/c1-26-17-10-9-14(13-18(17)27(23,24)25)19(22)20-15-7-3-4-8-16(15)21-11-5-2-6-12-21/h3-4,7-10,13H,2,5-6,11-12H2,1H3,(H,20,22)(H,23,24,25). The summed E-state index contributed by atoms with van der Waals surface area (Å²) in [4.78, 5) is 14.5. The number of methoxy groups -OCH3 is 1. The molecule has 0 radical (unpaired) electrons. The number of ether oxygens (including phenoxy) is 1. The third-order valence-corrected chi connectivity index (χ3v) is 5.43. The Morgan fingerprint density at radius 3 is 2.48 bits per heavy atom. The van der Waals surface area contributed by atoms with Crippen LogP contribution < -0.4 is 15.0 Å². The summed E-state index contributed by atoms with van der Waals surface area (Å²) in [5.74, 6) is -0.491. The normalized spacial score (nSPS) is 14.7. The summed E-state index contributed by atoms with van der Waals surface area (Å²) in [6, 6.07) is 11.4. The van der Waals surface area contributed by atoms with Crippen molar-refractivity contribution in [1.29, 1.82) is 0 Å². The predicted molar refractivity (Wildman–Crippen MR) is 103 cm³/mol. The van der Waals surface area contributed by atoms with Gasteiger partial charge < -0.3 is 15.0 Å². The largest absolute Gasteiger partial charge is 0.495 e. The zero-order valence-corrected chi connectivity index (χ0v) is 15.8. The Kier molecular flexibility index (Phi) is 5.67. The van der Waals surface area contributed by atoms with Crippen LogP contribution in [-0.4, -0.2) is 39.1 Å². The van der Waals surface area contributed by atoms with Crippen LogP contribution in [0.15, 0.2) is 47.4 Å². The van der Waals surface area contributed by atoms with Gasteiger partial charge in [-0.25, -0.2) is 0 Å². The molecule has 1 amide bonds. The number of para-hydroxylation sites is 2. The Hall–Kier alpha value is -2.58. The van der Waals surface area contributed by atoms with Gasteiger partial charge in [0.2, 0.25) is 0 Å². The Bertz CT molecular complexity index is 937. The number of rotatable bonds is 5. The fourth-order valence-corrected chi connectivity index (χ4v) is 3.89. The van der Waals surface area contributed by atoms with Crippen molar-refractivity contribution in [3.8, 4) is 5.75 Å². The number of hydrogen-bond acceptors (Lipinski definition) is 5. The van der Waals surface area contributed by atoms with Gasteiger partial charge in [-0.05, 0) is 49.6 Å². The van der Waals surface area contributed by atoms with Gasteiger partial charge in [0, 0.05) is 18.7 Å². The summed E-state index contributed by atoms with van der Waals surface area (Å²) in [6.45, 7) is 1.87. The number of hydrogen-bond donors (Lipinski definition) is 2. The van der Waals surface area contributed by atoms with Crippen molar-refractivity contribution < 1.29 is 22.5 Å². The molecular weight excluding hydrogens is 368 g/mol. The molecule has 1 heterocycles. The highest BCUT2D eigenvalue weighted by molar-refractivity contribution is 7.86. The first-order valence-corrected chi connectivity index (χ1v) is 10.1. The Morgan fingerprint density at radius 1 is 1.11 bits per heavy atom. The lowest BCUT2D eigenvalue weighted by atomic mass is 10.1. The number of benzene rings is 2. The molecule has 0 aliphatic carbocycles. The van der Waals surface area contributed by atoms with Crippen molar-refractivity contribution in [3.63, 3.8) is 0 Å². The minimum Gasteiger partial charge on any atom is -0.495 e. The zero-order valence-electron chi connectivity index (χ0n) is 15.0. The maximum Gasteiger partial charge on any atom is 0.298 e. The molecule has 3 rings (SSSR count). The van der Waals surface area contributed by atoms with Gasteiger partial charge in [0.15, 0.2) is 0 Å². The molecule has 0 bridgehead atoms. The summed E-state index contributed by atoms with van der Waals surface area (Å²) in [7, 11) is -3.22. The van der Waals surface area contributed by atoms with Gasteiger partial charge in [-0.3, -0.25) is 9.35 Å². The molecule has 0 aromatic heterocycles. The second-order valence-electron chi connectivity index (χ2n) is 6.36. The van der Waals surface area contributed by atoms with Crippen LogP contribution in [0.2, 0.25) is 0 Å². The van der Waals surface area contributed by atoms with Crippen LogP contribution >= 0.6 is 0 Å². The van der Waals surface area contributed by atoms with Crippen LogP contribution in [0, 0.1) is 0 Å². The van der Waals surface area contributed by atoms with Crippen molar-refractivity contribution in [2.45, 2.75) is 24.2 Å². The molecule has 144 valence electrons. The summed E-state index contributed by atoms with van der Waals surface area (Å²) >= 11 is 0. The molecular formula is C19H22N2O5S. The first-order valence-electron chi connectivity index (χ1n) is 8.71. The van der Waals surface area contributed by atoms with Gasteiger partial charge in [0.25, 0.3) is 16.0 Å². The van der Waals surface area contributed by atoms with E-state index in [0.29, 0.717) is 5.69 Å². The van der Waals surface area contributed by atoms with Crippen molar-refractivity contribution in [1.82, 2.24) is 0 Å². The number of nitrogens with zero attached hydrogens (tertiary/aromatic N) is 1. The third kappa shape index (κ3) is 4.40. The molecule has 1 aliphatic heterocycles. The van der Waals surface area contributed by atoms with E-state index in [1.165, 1.54) is 25.7 Å². The highest BCUT2D eigenvalue weighted by Gasteiger charge is 2.20. The van der Waals surface area contributed by atoms with Gasteiger partial charge in [0.1, 0.15) is 10.6 Å². The smallest absolute Gasteiger partial charge is 0.298 e. The van der Waals surface area contributed by atoms with Crippen molar-refractivity contribution in [2.24, 2.45) is 0 Å². The monoisotopic (exact) mass is 390 g/mol. The second-order valence-corrected chi connectivity index (χ2v) is 7.75. The highest BCUT2D eigenvalue weighted by Crippen LogP contribution is 2.29. The molecule has 0 saturated carbocycles. The average Bonchev–Trinajstić information content (AvgIpc) is 2.68. The quantitative estimate of drug-likeness (QED) is 0.761. The molecule has 1 fully saturated rings. The SMILES string of the molecule is COc1ccc(C(=O)Nc2ccccc2N2CCCCC2)cc1S(=O)(=O)O. The summed E-state index contributed by atoms with van der Waals surface area (Å²) in [6.07, 6.45) is 3.42.